The first kappa shape index (κ1) is 13.2. The van der Waals surface area contributed by atoms with Crippen molar-refractivity contribution in [1.82, 2.24) is 5.32 Å². The smallest absolute Gasteiger partial charge is 0.308 e. The monoisotopic (exact) mass is 273 g/mol. The molecule has 0 aromatic rings. The van der Waals surface area contributed by atoms with Gasteiger partial charge in [-0.3, -0.25) is 9.59 Å². The van der Waals surface area contributed by atoms with Gasteiger partial charge in [0.15, 0.2) is 5.78 Å². The van der Waals surface area contributed by atoms with Crippen LogP contribution in [-0.4, -0.2) is 18.9 Å². The van der Waals surface area contributed by atoms with Crippen molar-refractivity contribution in [3.8, 4) is 0 Å². The van der Waals surface area contributed by atoms with Crippen molar-refractivity contribution >= 4 is 11.8 Å². The van der Waals surface area contributed by atoms with Gasteiger partial charge in [-0.1, -0.05) is 6.08 Å². The van der Waals surface area contributed by atoms with Gasteiger partial charge in [-0.2, -0.15) is 0 Å². The van der Waals surface area contributed by atoms with E-state index in [0.717, 1.165) is 31.4 Å². The highest BCUT2D eigenvalue weighted by Gasteiger charge is 2.33. The van der Waals surface area contributed by atoms with Crippen molar-refractivity contribution in [2.24, 2.45) is 11.8 Å². The van der Waals surface area contributed by atoms with E-state index >= 15 is 0 Å². The van der Waals surface area contributed by atoms with E-state index < -0.39 is 0 Å². The molecule has 0 bridgehead atoms. The van der Waals surface area contributed by atoms with Crippen molar-refractivity contribution < 1.29 is 14.3 Å². The lowest BCUT2D eigenvalue weighted by Gasteiger charge is -2.34. The zero-order valence-electron chi connectivity index (χ0n) is 11.9. The first-order valence-electron chi connectivity index (χ1n) is 7.11. The molecule has 2 aliphatic carbocycles. The largest absolute Gasteiger partial charge is 0.469 e. The van der Waals surface area contributed by atoms with Crippen molar-refractivity contribution in [2.75, 3.05) is 7.11 Å². The summed E-state index contributed by atoms with van der Waals surface area (Å²) in [5, 5.41) is 3.45. The molecule has 3 rings (SSSR count). The molecular weight excluding hydrogens is 254 g/mol. The van der Waals surface area contributed by atoms with Crippen molar-refractivity contribution in [3.05, 3.63) is 34.7 Å². The molecule has 2 unspecified atom stereocenters. The lowest BCUT2D eigenvalue weighted by atomic mass is 9.79. The molecule has 0 aromatic carbocycles. The summed E-state index contributed by atoms with van der Waals surface area (Å²) in [6, 6.07) is 0. The van der Waals surface area contributed by atoms with E-state index in [-0.39, 0.29) is 23.6 Å². The number of hydrogen-bond acceptors (Lipinski definition) is 4. The lowest BCUT2D eigenvalue weighted by Crippen LogP contribution is -2.33. The van der Waals surface area contributed by atoms with Crippen LogP contribution in [0.1, 0.15) is 32.6 Å². The van der Waals surface area contributed by atoms with Gasteiger partial charge in [-0.25, -0.2) is 0 Å². The lowest BCUT2D eigenvalue weighted by molar-refractivity contribution is -0.145. The fourth-order valence-electron chi connectivity index (χ4n) is 3.29. The van der Waals surface area contributed by atoms with Gasteiger partial charge in [-0.15, -0.1) is 0 Å². The number of esters is 1. The van der Waals surface area contributed by atoms with Crippen molar-refractivity contribution in [3.63, 3.8) is 0 Å². The van der Waals surface area contributed by atoms with Crippen LogP contribution in [-0.2, 0) is 14.3 Å². The quantitative estimate of drug-likeness (QED) is 0.744. The minimum atomic E-state index is -0.112. The Labute approximate surface area is 118 Å². The van der Waals surface area contributed by atoms with Crippen LogP contribution < -0.4 is 5.32 Å². The van der Waals surface area contributed by atoms with Crippen LogP contribution in [0.4, 0.5) is 0 Å². The van der Waals surface area contributed by atoms with Crippen molar-refractivity contribution in [2.45, 2.75) is 32.6 Å². The average Bonchev–Trinajstić information content (AvgIpc) is 2.48. The van der Waals surface area contributed by atoms with E-state index in [1.54, 1.807) is 6.08 Å². The molecule has 106 valence electrons. The van der Waals surface area contributed by atoms with E-state index in [0.29, 0.717) is 0 Å². The second-order valence-corrected chi connectivity index (χ2v) is 5.74. The number of nitrogens with one attached hydrogen (secondary N) is 1. The number of methoxy groups -OCH3 is 1. The molecule has 4 heteroatoms. The fraction of sp³-hybridized carbons (Fsp3) is 0.500. The average molecular weight is 273 g/mol. The maximum Gasteiger partial charge on any atom is 0.308 e. The Morgan fingerprint density at radius 2 is 2.20 bits per heavy atom. The molecule has 0 saturated carbocycles. The SMILES string of the molecule is COC(=O)C1CCC2=C(CC3=C(N2)C(C)C(=O)C=C3)C1. The van der Waals surface area contributed by atoms with Crippen LogP contribution in [0.25, 0.3) is 0 Å². The molecule has 3 aliphatic rings. The minimum absolute atomic E-state index is 0.0191. The second kappa shape index (κ2) is 4.93. The van der Waals surface area contributed by atoms with Crippen LogP contribution in [0.3, 0.4) is 0 Å². The number of rotatable bonds is 1. The highest BCUT2D eigenvalue weighted by atomic mass is 16.5. The fourth-order valence-corrected chi connectivity index (χ4v) is 3.29. The van der Waals surface area contributed by atoms with Gasteiger partial charge in [0, 0.05) is 11.4 Å². The molecule has 2 atom stereocenters. The van der Waals surface area contributed by atoms with Crippen molar-refractivity contribution in [1.29, 1.82) is 0 Å². The summed E-state index contributed by atoms with van der Waals surface area (Å²) in [5.41, 5.74) is 4.73. The standard InChI is InChI=1S/C16H19NO3/c1-9-14(18)6-4-10-7-12-8-11(16(19)20-2)3-5-13(12)17-15(9)10/h4,6,9,11,17H,3,5,7-8H2,1-2H3. The molecule has 0 aromatic heterocycles. The van der Waals surface area contributed by atoms with Gasteiger partial charge in [0.25, 0.3) is 0 Å². The third kappa shape index (κ3) is 2.09. The van der Waals surface area contributed by atoms with Gasteiger partial charge in [0.2, 0.25) is 0 Å². The maximum atomic E-state index is 11.8. The van der Waals surface area contributed by atoms with Gasteiger partial charge >= 0.3 is 5.97 Å². The third-order valence-electron chi connectivity index (χ3n) is 4.54. The van der Waals surface area contributed by atoms with Crippen LogP contribution in [0, 0.1) is 11.8 Å². The highest BCUT2D eigenvalue weighted by molar-refractivity contribution is 5.95. The summed E-state index contributed by atoms with van der Waals surface area (Å²) >= 11 is 0. The van der Waals surface area contributed by atoms with E-state index in [2.05, 4.69) is 5.32 Å². The van der Waals surface area contributed by atoms with Gasteiger partial charge in [0.05, 0.1) is 18.9 Å². The molecule has 1 heterocycles. The summed E-state index contributed by atoms with van der Waals surface area (Å²) in [6.45, 7) is 1.94. The molecule has 0 amide bonds. The second-order valence-electron chi connectivity index (χ2n) is 5.74. The number of carbonyl (C=O) groups excluding carboxylic acids is 2. The molecule has 1 aliphatic heterocycles. The van der Waals surface area contributed by atoms with Gasteiger partial charge in [0.1, 0.15) is 0 Å². The maximum absolute atomic E-state index is 11.8. The Bertz CT molecular complexity index is 568. The van der Waals surface area contributed by atoms with E-state index in [9.17, 15) is 9.59 Å². The minimum Gasteiger partial charge on any atom is -0.469 e. The topological polar surface area (TPSA) is 55.4 Å². The van der Waals surface area contributed by atoms with Crippen LogP contribution in [0.5, 0.6) is 0 Å². The first-order valence-corrected chi connectivity index (χ1v) is 7.11. The molecular formula is C16H19NO3. The molecule has 0 spiro atoms. The number of ether oxygens (including phenoxy) is 1. The van der Waals surface area contributed by atoms with Gasteiger partial charge in [-0.05, 0) is 49.8 Å². The number of hydrogen-bond donors (Lipinski definition) is 1. The third-order valence-corrected chi connectivity index (χ3v) is 4.54. The zero-order valence-corrected chi connectivity index (χ0v) is 11.9. The summed E-state index contributed by atoms with van der Waals surface area (Å²) in [5.74, 6) is -0.0562. The Morgan fingerprint density at radius 3 is 2.95 bits per heavy atom. The van der Waals surface area contributed by atoms with E-state index in [1.165, 1.54) is 24.0 Å². The molecule has 0 radical (unpaired) electrons. The summed E-state index contributed by atoms with van der Waals surface area (Å²) in [6.07, 6.45) is 6.87. The Kier molecular flexibility index (Phi) is 3.24. The molecule has 20 heavy (non-hydrogen) atoms. The Balaban J connectivity index is 1.81. The Hall–Kier alpha value is -1.84. The van der Waals surface area contributed by atoms with E-state index in [4.69, 9.17) is 4.74 Å². The predicted octanol–water partition coefficient (Wildman–Crippen LogP) is 2.24. The first-order chi connectivity index (χ1) is 9.60. The van der Waals surface area contributed by atoms with Crippen LogP contribution in [0.2, 0.25) is 0 Å². The zero-order chi connectivity index (χ0) is 14.3. The highest BCUT2D eigenvalue weighted by Crippen LogP contribution is 2.39. The number of allylic oxidation sites excluding steroid dienone is 6. The summed E-state index contributed by atoms with van der Waals surface area (Å²) < 4.78 is 4.85. The number of ketones is 1. The summed E-state index contributed by atoms with van der Waals surface area (Å²) in [7, 11) is 1.45. The van der Waals surface area contributed by atoms with E-state index in [1.807, 2.05) is 13.0 Å². The number of dihydropyridines is 1. The van der Waals surface area contributed by atoms with Crippen LogP contribution in [0.15, 0.2) is 34.7 Å². The molecule has 0 fully saturated rings. The Morgan fingerprint density at radius 1 is 1.40 bits per heavy atom. The molecule has 4 nitrogen and oxygen atoms in total. The molecule has 0 saturated heterocycles. The normalized spacial score (nSPS) is 28.8. The predicted molar refractivity (Wildman–Crippen MR) is 74.5 cm³/mol. The summed E-state index contributed by atoms with van der Waals surface area (Å²) in [4.78, 5) is 23.4. The van der Waals surface area contributed by atoms with Gasteiger partial charge < -0.3 is 10.1 Å². The molecule has 1 N–H and O–H groups in total. The number of carbonyl (C=O) groups is 2. The van der Waals surface area contributed by atoms with Crippen LogP contribution >= 0.6 is 0 Å².